The van der Waals surface area contributed by atoms with Gasteiger partial charge in [0, 0.05) is 22.3 Å². The second kappa shape index (κ2) is 10.5. The molecule has 1 aliphatic rings. The lowest BCUT2D eigenvalue weighted by Crippen LogP contribution is -2.46. The van der Waals surface area contributed by atoms with Crippen LogP contribution in [0.25, 0.3) is 5.57 Å². The molecule has 4 aromatic carbocycles. The van der Waals surface area contributed by atoms with E-state index in [0.29, 0.717) is 10.0 Å². The van der Waals surface area contributed by atoms with E-state index >= 15 is 0 Å². The highest BCUT2D eigenvalue weighted by atomic mass is 35.5. The van der Waals surface area contributed by atoms with Gasteiger partial charge in [-0.05, 0) is 65.2 Å². The van der Waals surface area contributed by atoms with E-state index in [1.54, 1.807) is 0 Å². The van der Waals surface area contributed by atoms with Gasteiger partial charge in [-0.2, -0.15) is 5.10 Å². The third-order valence-electron chi connectivity index (χ3n) is 6.36. The first-order valence-electron chi connectivity index (χ1n) is 11.7. The van der Waals surface area contributed by atoms with Crippen LogP contribution in [0.3, 0.4) is 0 Å². The Bertz CT molecular complexity index is 1360. The molecule has 0 aliphatic heterocycles. The van der Waals surface area contributed by atoms with Gasteiger partial charge in [0.05, 0.1) is 16.8 Å². The van der Waals surface area contributed by atoms with Crippen LogP contribution in [0.1, 0.15) is 11.1 Å². The van der Waals surface area contributed by atoms with Crippen LogP contribution < -0.4 is 10.7 Å². The van der Waals surface area contributed by atoms with Gasteiger partial charge in [-0.15, -0.1) is 0 Å². The Hall–Kier alpha value is -3.63. The molecule has 2 N–H and O–H groups in total. The predicted octanol–water partition coefficient (Wildman–Crippen LogP) is 8.04. The number of allylic oxidation sites excluding steroid dienone is 2. The first-order chi connectivity index (χ1) is 17.5. The number of nitrogens with two attached hydrogens (primary N) is 1. The fraction of sp³-hybridized carbons (Fsp3) is 0.0645. The summed E-state index contributed by atoms with van der Waals surface area (Å²) in [6.45, 7) is 0. The maximum Gasteiger partial charge on any atom is 0.0693 e. The molecule has 1 aliphatic carbocycles. The van der Waals surface area contributed by atoms with Gasteiger partial charge in [0.1, 0.15) is 0 Å². The van der Waals surface area contributed by atoms with E-state index in [0.717, 1.165) is 28.1 Å². The lowest BCUT2D eigenvalue weighted by molar-refractivity contribution is 0.625. The smallest absolute Gasteiger partial charge is 0.0693 e. The van der Waals surface area contributed by atoms with Gasteiger partial charge in [0.2, 0.25) is 0 Å². The molecule has 2 unspecified atom stereocenters. The van der Waals surface area contributed by atoms with E-state index in [9.17, 15) is 0 Å². The largest absolute Gasteiger partial charge is 0.323 e. The summed E-state index contributed by atoms with van der Waals surface area (Å²) >= 11 is 12.3. The number of halogens is 2. The van der Waals surface area contributed by atoms with E-state index < -0.39 is 5.41 Å². The first-order valence-corrected chi connectivity index (χ1v) is 12.4. The molecule has 5 rings (SSSR count). The number of para-hydroxylation sites is 2. The SMILES string of the molecule is NC1C=C(c2ccc(Cl)cc2)C=CC1(C=NN(c1ccccc1)c1ccccc1)c1ccc(Cl)cc1. The third kappa shape index (κ3) is 5.00. The van der Waals surface area contributed by atoms with Gasteiger partial charge in [-0.3, -0.25) is 0 Å². The van der Waals surface area contributed by atoms with Crippen LogP contribution in [0, 0.1) is 0 Å². The molecule has 0 heterocycles. The van der Waals surface area contributed by atoms with E-state index in [1.165, 1.54) is 0 Å². The molecule has 0 aromatic heterocycles. The van der Waals surface area contributed by atoms with E-state index in [-0.39, 0.29) is 6.04 Å². The van der Waals surface area contributed by atoms with Crippen molar-refractivity contribution in [2.75, 3.05) is 5.01 Å². The molecule has 0 radical (unpaired) electrons. The van der Waals surface area contributed by atoms with E-state index in [1.807, 2.05) is 120 Å². The summed E-state index contributed by atoms with van der Waals surface area (Å²) < 4.78 is 0. The molecule has 36 heavy (non-hydrogen) atoms. The maximum atomic E-state index is 6.91. The number of hydrogen-bond donors (Lipinski definition) is 1. The topological polar surface area (TPSA) is 41.6 Å². The van der Waals surface area contributed by atoms with Crippen molar-refractivity contribution in [3.05, 3.63) is 149 Å². The zero-order valence-corrected chi connectivity index (χ0v) is 21.0. The zero-order valence-electron chi connectivity index (χ0n) is 19.5. The molecule has 0 spiro atoms. The fourth-order valence-corrected chi connectivity index (χ4v) is 4.62. The highest BCUT2D eigenvalue weighted by molar-refractivity contribution is 6.30. The van der Waals surface area contributed by atoms with Gasteiger partial charge in [0.15, 0.2) is 0 Å². The van der Waals surface area contributed by atoms with Crippen LogP contribution in [0.4, 0.5) is 11.4 Å². The van der Waals surface area contributed by atoms with Gasteiger partial charge in [0.25, 0.3) is 0 Å². The standard InChI is InChI=1S/C31H25Cl2N3/c32-26-15-11-23(12-16-26)24-19-20-31(30(34)21-24,25-13-17-27(33)18-14-25)22-35-36(28-7-3-1-4-8-28)29-9-5-2-6-10-29/h1-22,30H,34H2. The van der Waals surface area contributed by atoms with Crippen LogP contribution in [-0.2, 0) is 5.41 Å². The Labute approximate surface area is 221 Å². The van der Waals surface area contributed by atoms with Crippen molar-refractivity contribution < 1.29 is 0 Å². The van der Waals surface area contributed by atoms with Crippen molar-refractivity contribution in [3.63, 3.8) is 0 Å². The molecule has 0 amide bonds. The highest BCUT2D eigenvalue weighted by Crippen LogP contribution is 2.36. The number of hydrogen-bond acceptors (Lipinski definition) is 3. The zero-order chi connectivity index (χ0) is 25.0. The second-order valence-corrected chi connectivity index (χ2v) is 9.53. The molecule has 0 saturated heterocycles. The van der Waals surface area contributed by atoms with Crippen LogP contribution in [0.15, 0.2) is 133 Å². The average Bonchev–Trinajstić information content (AvgIpc) is 2.92. The molecule has 0 bridgehead atoms. The van der Waals surface area contributed by atoms with Crippen molar-refractivity contribution in [3.8, 4) is 0 Å². The van der Waals surface area contributed by atoms with Crippen LogP contribution in [-0.4, -0.2) is 12.3 Å². The summed E-state index contributed by atoms with van der Waals surface area (Å²) in [6.07, 6.45) is 8.25. The molecule has 4 aromatic rings. The summed E-state index contributed by atoms with van der Waals surface area (Å²) in [5.74, 6) is 0. The van der Waals surface area contributed by atoms with Gasteiger partial charge in [-0.1, -0.05) is 102 Å². The molecular formula is C31H25Cl2N3. The number of benzene rings is 4. The highest BCUT2D eigenvalue weighted by Gasteiger charge is 2.36. The predicted molar refractivity (Wildman–Crippen MR) is 153 cm³/mol. The Kier molecular flexibility index (Phi) is 7.06. The van der Waals surface area contributed by atoms with Crippen molar-refractivity contribution in [2.24, 2.45) is 10.8 Å². The van der Waals surface area contributed by atoms with Crippen LogP contribution in [0.5, 0.6) is 0 Å². The maximum absolute atomic E-state index is 6.91. The van der Waals surface area contributed by atoms with Crippen molar-refractivity contribution in [2.45, 2.75) is 11.5 Å². The second-order valence-electron chi connectivity index (χ2n) is 8.66. The molecule has 5 heteroatoms. The first kappa shape index (κ1) is 24.1. The number of nitrogens with zero attached hydrogens (tertiary/aromatic N) is 2. The molecule has 178 valence electrons. The summed E-state index contributed by atoms with van der Waals surface area (Å²) in [5, 5.41) is 8.32. The van der Waals surface area contributed by atoms with Gasteiger partial charge in [-0.25, -0.2) is 5.01 Å². The monoisotopic (exact) mass is 509 g/mol. The molecular weight excluding hydrogens is 485 g/mol. The quantitative estimate of drug-likeness (QED) is 0.211. The minimum absolute atomic E-state index is 0.369. The molecule has 0 fully saturated rings. The average molecular weight is 510 g/mol. The van der Waals surface area contributed by atoms with E-state index in [2.05, 4.69) is 18.2 Å². The van der Waals surface area contributed by atoms with Crippen molar-refractivity contribution >= 4 is 46.4 Å². The van der Waals surface area contributed by atoms with Gasteiger partial charge < -0.3 is 5.73 Å². The summed E-state index contributed by atoms with van der Waals surface area (Å²) in [5.41, 5.74) is 11.2. The van der Waals surface area contributed by atoms with Crippen molar-refractivity contribution in [1.82, 2.24) is 0 Å². The van der Waals surface area contributed by atoms with Crippen LogP contribution in [0.2, 0.25) is 10.0 Å². The molecule has 3 nitrogen and oxygen atoms in total. The lowest BCUT2D eigenvalue weighted by atomic mass is 9.71. The Morgan fingerprint density at radius 3 is 1.78 bits per heavy atom. The summed E-state index contributed by atoms with van der Waals surface area (Å²) in [6, 6.07) is 35.3. The third-order valence-corrected chi connectivity index (χ3v) is 6.86. The Morgan fingerprint density at radius 2 is 1.25 bits per heavy atom. The van der Waals surface area contributed by atoms with Crippen molar-refractivity contribution in [1.29, 1.82) is 0 Å². The Morgan fingerprint density at radius 1 is 0.722 bits per heavy atom. The minimum atomic E-state index is -0.678. The lowest BCUT2D eigenvalue weighted by Gasteiger charge is -2.35. The molecule has 0 saturated carbocycles. The van der Waals surface area contributed by atoms with E-state index in [4.69, 9.17) is 34.0 Å². The number of anilines is 2. The normalized spacial score (nSPS) is 19.3. The van der Waals surface area contributed by atoms with Crippen LogP contribution >= 0.6 is 23.2 Å². The number of hydrazone groups is 1. The Balaban J connectivity index is 1.59. The summed E-state index contributed by atoms with van der Waals surface area (Å²) in [4.78, 5) is 0. The number of rotatable bonds is 6. The molecule has 2 atom stereocenters. The fourth-order valence-electron chi connectivity index (χ4n) is 4.37. The summed E-state index contributed by atoms with van der Waals surface area (Å²) in [7, 11) is 0. The van der Waals surface area contributed by atoms with Gasteiger partial charge >= 0.3 is 0 Å². The minimum Gasteiger partial charge on any atom is -0.323 e.